The molecule has 0 aliphatic rings. The Morgan fingerprint density at radius 2 is 1.94 bits per heavy atom. The summed E-state index contributed by atoms with van der Waals surface area (Å²) in [6.07, 6.45) is 0.272. The zero-order valence-corrected chi connectivity index (χ0v) is 19.7. The SMILES string of the molecule is CN(C)C(=O)c1c[nH]c2cc(Nc3ccc(OC(F)(F)F)cc3Cl)ccc12.Sc1cccnc1. The Labute approximate surface area is 204 Å². The minimum Gasteiger partial charge on any atom is -0.406 e. The number of anilines is 2. The zero-order valence-electron chi connectivity index (χ0n) is 18.0. The summed E-state index contributed by atoms with van der Waals surface area (Å²) in [4.78, 5) is 21.4. The van der Waals surface area contributed by atoms with Gasteiger partial charge in [-0.2, -0.15) is 0 Å². The van der Waals surface area contributed by atoms with Gasteiger partial charge in [-0.15, -0.1) is 25.8 Å². The van der Waals surface area contributed by atoms with Gasteiger partial charge >= 0.3 is 6.36 Å². The molecule has 4 rings (SSSR count). The van der Waals surface area contributed by atoms with E-state index >= 15 is 0 Å². The van der Waals surface area contributed by atoms with Gasteiger partial charge in [0.25, 0.3) is 5.91 Å². The molecule has 2 N–H and O–H groups in total. The number of hydrogen-bond donors (Lipinski definition) is 3. The third-order valence-corrected chi connectivity index (χ3v) is 4.99. The number of aromatic nitrogens is 2. The first-order chi connectivity index (χ1) is 16.0. The summed E-state index contributed by atoms with van der Waals surface area (Å²) in [6.45, 7) is 0. The van der Waals surface area contributed by atoms with Crippen molar-refractivity contribution in [3.8, 4) is 5.75 Å². The second kappa shape index (κ2) is 10.7. The molecule has 0 radical (unpaired) electrons. The number of ether oxygens (including phenoxy) is 1. The van der Waals surface area contributed by atoms with Crippen LogP contribution in [0.25, 0.3) is 10.9 Å². The first-order valence-electron chi connectivity index (χ1n) is 9.77. The molecule has 0 aliphatic heterocycles. The smallest absolute Gasteiger partial charge is 0.406 e. The summed E-state index contributed by atoms with van der Waals surface area (Å²) < 4.78 is 40.6. The summed E-state index contributed by atoms with van der Waals surface area (Å²) in [5.74, 6) is -0.519. The van der Waals surface area contributed by atoms with Crippen molar-refractivity contribution in [1.29, 1.82) is 0 Å². The lowest BCUT2D eigenvalue weighted by atomic mass is 10.1. The lowest BCUT2D eigenvalue weighted by molar-refractivity contribution is -0.274. The highest BCUT2D eigenvalue weighted by atomic mass is 35.5. The molecule has 34 heavy (non-hydrogen) atoms. The fourth-order valence-corrected chi connectivity index (χ4v) is 3.30. The Morgan fingerprint density at radius 3 is 2.50 bits per heavy atom. The van der Waals surface area contributed by atoms with Crippen LogP contribution in [0.1, 0.15) is 10.4 Å². The first kappa shape index (κ1) is 25.3. The Hall–Kier alpha value is -3.37. The van der Waals surface area contributed by atoms with E-state index < -0.39 is 12.1 Å². The van der Waals surface area contributed by atoms with Crippen LogP contribution in [0, 0.1) is 0 Å². The number of thiol groups is 1. The molecule has 0 saturated heterocycles. The van der Waals surface area contributed by atoms with Crippen LogP contribution in [0.15, 0.2) is 72.0 Å². The van der Waals surface area contributed by atoms with E-state index in [9.17, 15) is 18.0 Å². The second-order valence-corrected chi connectivity index (χ2v) is 8.11. The summed E-state index contributed by atoms with van der Waals surface area (Å²) in [5.41, 5.74) is 2.35. The molecule has 11 heteroatoms. The van der Waals surface area contributed by atoms with Gasteiger partial charge in [-0.3, -0.25) is 9.78 Å². The van der Waals surface area contributed by atoms with Crippen LogP contribution in [0.3, 0.4) is 0 Å². The van der Waals surface area contributed by atoms with Crippen LogP contribution in [-0.2, 0) is 0 Å². The largest absolute Gasteiger partial charge is 0.573 e. The molecular formula is C23H20ClF3N4O2S. The molecule has 0 saturated carbocycles. The number of carbonyl (C=O) groups is 1. The van der Waals surface area contributed by atoms with Gasteiger partial charge in [0, 0.05) is 60.2 Å². The molecule has 2 aromatic carbocycles. The van der Waals surface area contributed by atoms with Gasteiger partial charge in [0.2, 0.25) is 0 Å². The number of nitrogens with zero attached hydrogens (tertiary/aromatic N) is 2. The van der Waals surface area contributed by atoms with Crippen LogP contribution in [-0.4, -0.2) is 41.2 Å². The van der Waals surface area contributed by atoms with Gasteiger partial charge in [0.15, 0.2) is 0 Å². The van der Waals surface area contributed by atoms with Gasteiger partial charge in [-0.1, -0.05) is 11.6 Å². The molecule has 1 amide bonds. The first-order valence-corrected chi connectivity index (χ1v) is 10.6. The number of rotatable bonds is 4. The lowest BCUT2D eigenvalue weighted by Gasteiger charge is -2.12. The van der Waals surface area contributed by atoms with Crippen molar-refractivity contribution >= 4 is 52.4 Å². The van der Waals surface area contributed by atoms with E-state index in [1.165, 1.54) is 17.0 Å². The number of H-pyrrole nitrogens is 1. The highest BCUT2D eigenvalue weighted by Gasteiger charge is 2.31. The number of amides is 1. The quantitative estimate of drug-likeness (QED) is 0.274. The molecule has 0 fully saturated rings. The molecular weight excluding hydrogens is 489 g/mol. The van der Waals surface area contributed by atoms with Gasteiger partial charge in [-0.05, 0) is 42.5 Å². The summed E-state index contributed by atoms with van der Waals surface area (Å²) in [5, 5.41) is 3.87. The third-order valence-electron chi connectivity index (χ3n) is 4.42. The minimum atomic E-state index is -4.78. The Morgan fingerprint density at radius 1 is 1.18 bits per heavy atom. The zero-order chi connectivity index (χ0) is 24.9. The lowest BCUT2D eigenvalue weighted by Crippen LogP contribution is -2.21. The van der Waals surface area contributed by atoms with Crippen molar-refractivity contribution in [2.24, 2.45) is 0 Å². The fraction of sp³-hybridized carbons (Fsp3) is 0.130. The summed E-state index contributed by atoms with van der Waals surface area (Å²) >= 11 is 10.1. The predicted octanol–water partition coefficient (Wildman–Crippen LogP) is 6.54. The van der Waals surface area contributed by atoms with E-state index in [0.29, 0.717) is 16.9 Å². The average molecular weight is 509 g/mol. The maximum atomic E-state index is 12.3. The number of alkyl halides is 3. The Kier molecular flexibility index (Phi) is 7.95. The van der Waals surface area contributed by atoms with Crippen LogP contribution in [0.4, 0.5) is 24.5 Å². The van der Waals surface area contributed by atoms with Crippen molar-refractivity contribution in [1.82, 2.24) is 14.9 Å². The highest BCUT2D eigenvalue weighted by Crippen LogP contribution is 2.33. The van der Waals surface area contributed by atoms with E-state index in [0.717, 1.165) is 21.9 Å². The van der Waals surface area contributed by atoms with Gasteiger partial charge in [0.1, 0.15) is 5.75 Å². The van der Waals surface area contributed by atoms with Crippen molar-refractivity contribution < 1.29 is 22.7 Å². The van der Waals surface area contributed by atoms with Crippen molar-refractivity contribution in [2.45, 2.75) is 11.3 Å². The van der Waals surface area contributed by atoms with Crippen LogP contribution >= 0.6 is 24.2 Å². The summed E-state index contributed by atoms with van der Waals surface area (Å²) in [6, 6.07) is 12.7. The molecule has 2 aromatic heterocycles. The molecule has 4 aromatic rings. The number of halogens is 4. The second-order valence-electron chi connectivity index (χ2n) is 7.19. The van der Waals surface area contributed by atoms with Crippen molar-refractivity contribution in [2.75, 3.05) is 19.4 Å². The van der Waals surface area contributed by atoms with E-state index in [1.54, 1.807) is 50.9 Å². The Bertz CT molecular complexity index is 1280. The Balaban J connectivity index is 0.000000396. The van der Waals surface area contributed by atoms with Gasteiger partial charge in [-0.25, -0.2) is 0 Å². The number of fused-ring (bicyclic) bond motifs is 1. The van der Waals surface area contributed by atoms with E-state index in [4.69, 9.17) is 11.6 Å². The van der Waals surface area contributed by atoms with Gasteiger partial charge < -0.3 is 19.9 Å². The van der Waals surface area contributed by atoms with Crippen molar-refractivity contribution in [3.05, 3.63) is 77.7 Å². The number of pyridine rings is 1. The van der Waals surface area contributed by atoms with E-state index in [1.807, 2.05) is 12.1 Å². The highest BCUT2D eigenvalue weighted by molar-refractivity contribution is 7.80. The number of carbonyl (C=O) groups excluding carboxylic acids is 1. The molecule has 0 atom stereocenters. The standard InChI is InChI=1S/C18H15ClF3N3O2.C5H5NS/c1-25(2)17(26)13-9-23-16-7-10(3-5-12(13)16)24-15-6-4-11(8-14(15)19)27-18(20,21)22;7-5-2-1-3-6-4-5/h3-9,23-24H,1-2H3;1-4,7H. The molecule has 178 valence electrons. The normalized spacial score (nSPS) is 10.9. The summed E-state index contributed by atoms with van der Waals surface area (Å²) in [7, 11) is 3.34. The number of aromatic amines is 1. The molecule has 0 bridgehead atoms. The maximum Gasteiger partial charge on any atom is 0.573 e. The van der Waals surface area contributed by atoms with E-state index in [-0.39, 0.29) is 10.9 Å². The number of hydrogen-bond acceptors (Lipinski definition) is 5. The molecule has 6 nitrogen and oxygen atoms in total. The minimum absolute atomic E-state index is 0.0757. The van der Waals surface area contributed by atoms with Crippen LogP contribution in [0.5, 0.6) is 5.75 Å². The predicted molar refractivity (Wildman–Crippen MR) is 129 cm³/mol. The third kappa shape index (κ3) is 6.82. The monoisotopic (exact) mass is 508 g/mol. The van der Waals surface area contributed by atoms with Crippen molar-refractivity contribution in [3.63, 3.8) is 0 Å². The topological polar surface area (TPSA) is 70.2 Å². The van der Waals surface area contributed by atoms with Crippen LogP contribution < -0.4 is 10.1 Å². The molecule has 0 spiro atoms. The average Bonchev–Trinajstić information content (AvgIpc) is 3.18. The number of nitrogens with one attached hydrogen (secondary N) is 2. The fourth-order valence-electron chi connectivity index (χ4n) is 2.93. The maximum absolute atomic E-state index is 12.3. The molecule has 2 heterocycles. The van der Waals surface area contributed by atoms with E-state index in [2.05, 4.69) is 32.7 Å². The molecule has 0 aliphatic carbocycles. The van der Waals surface area contributed by atoms with Crippen LogP contribution in [0.2, 0.25) is 5.02 Å². The van der Waals surface area contributed by atoms with Gasteiger partial charge in [0.05, 0.1) is 16.3 Å². The molecule has 0 unspecified atom stereocenters. The number of benzene rings is 2.